The number of nitrogens with zero attached hydrogens (tertiary/aromatic N) is 4. The number of hydrogen-bond donors (Lipinski definition) is 2. The maximum absolute atomic E-state index is 11.9. The van der Waals surface area contributed by atoms with Gasteiger partial charge >= 0.3 is 11.9 Å². The number of rotatable bonds is 17. The second kappa shape index (κ2) is 14.2. The number of unbranched alkanes of at least 4 members (excludes halogenated alkanes) is 9. The highest BCUT2D eigenvalue weighted by atomic mass is 32.2. The van der Waals surface area contributed by atoms with Gasteiger partial charge in [0.2, 0.25) is 5.16 Å². The van der Waals surface area contributed by atoms with Crippen molar-refractivity contribution in [3.05, 3.63) is 21.9 Å². The van der Waals surface area contributed by atoms with Crippen LogP contribution in [0.4, 0.5) is 0 Å². The van der Waals surface area contributed by atoms with Gasteiger partial charge in [-0.05, 0) is 40.3 Å². The molecular weight excluding hydrogens is 436 g/mol. The molecule has 0 fully saturated rings. The molecule has 1 unspecified atom stereocenters. The molecule has 0 bridgehead atoms. The average molecular weight is 469 g/mol. The van der Waals surface area contributed by atoms with E-state index in [1.165, 1.54) is 51.4 Å². The summed E-state index contributed by atoms with van der Waals surface area (Å²) in [5.41, 5.74) is 0.753. The Morgan fingerprint density at radius 1 is 1.06 bits per heavy atom. The Labute approximate surface area is 191 Å². The minimum atomic E-state index is -1.08. The zero-order valence-electron chi connectivity index (χ0n) is 18.0. The van der Waals surface area contributed by atoms with Crippen molar-refractivity contribution in [3.8, 4) is 0 Å². The van der Waals surface area contributed by atoms with Crippen LogP contribution in [0.2, 0.25) is 0 Å². The van der Waals surface area contributed by atoms with Crippen LogP contribution in [0.3, 0.4) is 0 Å². The SMILES string of the molecule is CCCCCCCCCCCCc1sccc1C(Sc1nnnn1CC(=O)O)C(=O)O. The molecule has 0 radical (unpaired) electrons. The van der Waals surface area contributed by atoms with E-state index in [2.05, 4.69) is 22.4 Å². The van der Waals surface area contributed by atoms with E-state index in [1.807, 2.05) is 11.4 Å². The summed E-state index contributed by atoms with van der Waals surface area (Å²) in [7, 11) is 0. The van der Waals surface area contributed by atoms with Gasteiger partial charge in [0.1, 0.15) is 11.8 Å². The Balaban J connectivity index is 1.82. The van der Waals surface area contributed by atoms with Gasteiger partial charge in [-0.2, -0.15) is 0 Å². The summed E-state index contributed by atoms with van der Waals surface area (Å²) in [4.78, 5) is 24.0. The molecule has 0 saturated carbocycles. The third-order valence-corrected chi connectivity index (χ3v) is 7.24. The monoisotopic (exact) mass is 468 g/mol. The number of thioether (sulfide) groups is 1. The first-order chi connectivity index (χ1) is 15.0. The Hall–Kier alpha value is -1.94. The van der Waals surface area contributed by atoms with E-state index in [0.29, 0.717) is 0 Å². The fourth-order valence-corrected chi connectivity index (χ4v) is 5.42. The molecule has 0 aliphatic rings. The van der Waals surface area contributed by atoms with Crippen LogP contribution in [-0.2, 0) is 22.6 Å². The maximum Gasteiger partial charge on any atom is 0.325 e. The van der Waals surface area contributed by atoms with Gasteiger partial charge in [-0.3, -0.25) is 9.59 Å². The average Bonchev–Trinajstić information content (AvgIpc) is 3.36. The first-order valence-electron chi connectivity index (χ1n) is 11.0. The summed E-state index contributed by atoms with van der Waals surface area (Å²) in [5.74, 6) is -2.07. The zero-order valence-corrected chi connectivity index (χ0v) is 19.7. The predicted octanol–water partition coefficient (Wildman–Crippen LogP) is 5.20. The van der Waals surface area contributed by atoms with Crippen LogP contribution in [0.1, 0.15) is 86.8 Å². The summed E-state index contributed by atoms with van der Waals surface area (Å²) in [6, 6.07) is 1.84. The topological polar surface area (TPSA) is 118 Å². The molecule has 8 nitrogen and oxygen atoms in total. The molecule has 0 aliphatic carbocycles. The van der Waals surface area contributed by atoms with Crippen LogP contribution in [0.5, 0.6) is 0 Å². The van der Waals surface area contributed by atoms with Crippen LogP contribution >= 0.6 is 23.1 Å². The van der Waals surface area contributed by atoms with Gasteiger partial charge < -0.3 is 10.2 Å². The second-order valence-corrected chi connectivity index (χ2v) is 9.65. The van der Waals surface area contributed by atoms with E-state index in [-0.39, 0.29) is 5.16 Å². The van der Waals surface area contributed by atoms with E-state index in [9.17, 15) is 14.7 Å². The molecule has 1 atom stereocenters. The molecule has 0 aromatic carbocycles. The minimum Gasteiger partial charge on any atom is -0.480 e. The number of thiophene rings is 1. The Morgan fingerprint density at radius 3 is 2.32 bits per heavy atom. The van der Waals surface area contributed by atoms with Crippen molar-refractivity contribution in [2.24, 2.45) is 0 Å². The van der Waals surface area contributed by atoms with Gasteiger partial charge in [0.25, 0.3) is 0 Å². The number of aromatic nitrogens is 4. The molecule has 0 spiro atoms. The van der Waals surface area contributed by atoms with Gasteiger partial charge in [-0.15, -0.1) is 16.4 Å². The third-order valence-electron chi connectivity index (χ3n) is 5.05. The van der Waals surface area contributed by atoms with Crippen LogP contribution in [0.25, 0.3) is 0 Å². The van der Waals surface area contributed by atoms with Crippen molar-refractivity contribution in [1.29, 1.82) is 0 Å². The van der Waals surface area contributed by atoms with E-state index in [1.54, 1.807) is 11.3 Å². The molecule has 2 rings (SSSR count). The van der Waals surface area contributed by atoms with Crippen molar-refractivity contribution in [2.75, 3.05) is 0 Å². The standard InChI is InChI=1S/C21H32N4O4S2/c1-2-3-4-5-6-7-8-9-10-11-12-17-16(13-14-30-17)19(20(28)29)31-21-22-23-24-25(21)15-18(26)27/h13-14,19H,2-12,15H2,1H3,(H,26,27)(H,28,29). The number of carboxylic acids is 2. The molecule has 2 heterocycles. The van der Waals surface area contributed by atoms with E-state index in [4.69, 9.17) is 5.11 Å². The number of aryl methyl sites for hydroxylation is 1. The lowest BCUT2D eigenvalue weighted by Gasteiger charge is -2.12. The highest BCUT2D eigenvalue weighted by Crippen LogP contribution is 2.38. The molecule has 0 amide bonds. The first kappa shape index (κ1) is 25.3. The number of carboxylic acid groups (broad SMARTS) is 2. The fraction of sp³-hybridized carbons (Fsp3) is 0.667. The molecule has 2 aromatic rings. The number of aliphatic carboxylic acids is 2. The summed E-state index contributed by atoms with van der Waals surface area (Å²) in [5, 5.41) is 30.9. The number of tetrazole rings is 1. The van der Waals surface area contributed by atoms with Gasteiger partial charge in [0, 0.05) is 4.88 Å². The van der Waals surface area contributed by atoms with Crippen molar-refractivity contribution < 1.29 is 19.8 Å². The van der Waals surface area contributed by atoms with Crippen molar-refractivity contribution >= 4 is 35.0 Å². The molecule has 2 N–H and O–H groups in total. The van der Waals surface area contributed by atoms with Crippen LogP contribution in [0, 0.1) is 0 Å². The van der Waals surface area contributed by atoms with Gasteiger partial charge in [0.15, 0.2) is 0 Å². The largest absolute Gasteiger partial charge is 0.480 e. The molecule has 31 heavy (non-hydrogen) atoms. The molecule has 0 saturated heterocycles. The first-order valence-corrected chi connectivity index (χ1v) is 12.7. The molecular formula is C21H32N4O4S2. The number of carbonyl (C=O) groups is 2. The minimum absolute atomic E-state index is 0.186. The van der Waals surface area contributed by atoms with E-state index in [0.717, 1.165) is 46.1 Å². The van der Waals surface area contributed by atoms with Crippen molar-refractivity contribution in [2.45, 2.75) is 94.5 Å². The summed E-state index contributed by atoms with van der Waals surface area (Å²) in [6.07, 6.45) is 13.5. The van der Waals surface area contributed by atoms with Crippen molar-refractivity contribution in [3.63, 3.8) is 0 Å². The molecule has 10 heteroatoms. The number of hydrogen-bond acceptors (Lipinski definition) is 7. The van der Waals surface area contributed by atoms with Crippen molar-refractivity contribution in [1.82, 2.24) is 20.2 Å². The molecule has 2 aromatic heterocycles. The smallest absolute Gasteiger partial charge is 0.325 e. The highest BCUT2D eigenvalue weighted by molar-refractivity contribution is 8.00. The van der Waals surface area contributed by atoms with Crippen LogP contribution in [0.15, 0.2) is 16.6 Å². The predicted molar refractivity (Wildman–Crippen MR) is 122 cm³/mol. The Morgan fingerprint density at radius 2 is 1.71 bits per heavy atom. The summed E-state index contributed by atoms with van der Waals surface area (Å²) < 4.78 is 1.11. The molecule has 172 valence electrons. The van der Waals surface area contributed by atoms with Crippen LogP contribution in [-0.4, -0.2) is 42.4 Å². The van der Waals surface area contributed by atoms with Crippen LogP contribution < -0.4 is 0 Å². The van der Waals surface area contributed by atoms with Gasteiger partial charge in [0.05, 0.1) is 0 Å². The highest BCUT2D eigenvalue weighted by Gasteiger charge is 2.27. The normalized spacial score (nSPS) is 12.2. The maximum atomic E-state index is 11.9. The van der Waals surface area contributed by atoms with E-state index >= 15 is 0 Å². The van der Waals surface area contributed by atoms with Gasteiger partial charge in [-0.25, -0.2) is 4.68 Å². The lowest BCUT2D eigenvalue weighted by atomic mass is 10.0. The van der Waals surface area contributed by atoms with Gasteiger partial charge in [-0.1, -0.05) is 76.5 Å². The third kappa shape index (κ3) is 8.98. The zero-order chi connectivity index (χ0) is 22.5. The Bertz CT molecular complexity index is 809. The summed E-state index contributed by atoms with van der Waals surface area (Å²) in [6.45, 7) is 1.83. The fourth-order valence-electron chi connectivity index (χ4n) is 3.42. The summed E-state index contributed by atoms with van der Waals surface area (Å²) >= 11 is 2.55. The Kier molecular flexibility index (Phi) is 11.6. The lowest BCUT2D eigenvalue weighted by Crippen LogP contribution is -2.14. The second-order valence-electron chi connectivity index (χ2n) is 7.58. The van der Waals surface area contributed by atoms with E-state index < -0.39 is 23.7 Å². The quantitative estimate of drug-likeness (QED) is 0.240. The lowest BCUT2D eigenvalue weighted by molar-refractivity contribution is -0.138. The molecule has 0 aliphatic heterocycles.